The normalized spacial score (nSPS) is 10.6. The van der Waals surface area contributed by atoms with Crippen LogP contribution in [0.4, 0.5) is 0 Å². The first-order valence-corrected chi connectivity index (χ1v) is 10.1. The molecule has 0 spiro atoms. The van der Waals surface area contributed by atoms with E-state index in [0.717, 1.165) is 21.2 Å². The number of hydrogen-bond acceptors (Lipinski definition) is 5. The molecule has 0 N–H and O–H groups in total. The van der Waals surface area contributed by atoms with Crippen LogP contribution in [-0.4, -0.2) is 13.3 Å². The fourth-order valence-corrected chi connectivity index (χ4v) is 3.27. The Hall–Kier alpha value is -3.30. The predicted octanol–water partition coefficient (Wildman–Crippen LogP) is 5.77. The number of nitrogens with zero attached hydrogens (tertiary/aromatic N) is 2. The molecule has 0 atom stereocenters. The van der Waals surface area contributed by atoms with Crippen molar-refractivity contribution >= 4 is 22.1 Å². The maximum atomic E-state index is 9.13. The van der Waals surface area contributed by atoms with Crippen LogP contribution in [0.2, 0.25) is 0 Å². The van der Waals surface area contributed by atoms with Gasteiger partial charge < -0.3 is 14.3 Å². The average molecular weight is 465 g/mol. The molecule has 0 unspecified atom stereocenters. The third kappa shape index (κ3) is 5.62. The topological polar surface area (TPSA) is 63.8 Å². The summed E-state index contributed by atoms with van der Waals surface area (Å²) in [5.74, 6) is 1.23. The van der Waals surface area contributed by atoms with Crippen LogP contribution >= 0.6 is 15.9 Å². The fourth-order valence-electron chi connectivity index (χ4n) is 2.84. The number of ether oxygens (including phenoxy) is 2. The van der Waals surface area contributed by atoms with Gasteiger partial charge in [-0.3, -0.25) is 0 Å². The van der Waals surface area contributed by atoms with E-state index in [1.54, 1.807) is 19.4 Å². The molecule has 0 amide bonds. The number of aryl methyl sites for hydroxylation is 1. The second kappa shape index (κ2) is 10.5. The fraction of sp³-hybridized carbons (Fsp3) is 0.167. The van der Waals surface area contributed by atoms with E-state index in [4.69, 9.17) is 19.6 Å². The molecular weight excluding hydrogens is 444 g/mol. The number of halogens is 1. The maximum absolute atomic E-state index is 9.13. The highest BCUT2D eigenvalue weighted by Gasteiger charge is 2.10. The van der Waals surface area contributed by atoms with Gasteiger partial charge in [-0.2, -0.15) is 5.26 Å². The minimum atomic E-state index is 0.215. The lowest BCUT2D eigenvalue weighted by Gasteiger charge is -2.13. The molecule has 6 heteroatoms. The van der Waals surface area contributed by atoms with E-state index in [2.05, 4.69) is 46.2 Å². The summed E-state index contributed by atoms with van der Waals surface area (Å²) in [5, 5.41) is 13.1. The Morgan fingerprint density at radius 1 is 1.03 bits per heavy atom. The van der Waals surface area contributed by atoms with Gasteiger partial charge in [0.05, 0.1) is 25.0 Å². The molecule has 0 saturated carbocycles. The van der Waals surface area contributed by atoms with E-state index in [-0.39, 0.29) is 6.61 Å². The van der Waals surface area contributed by atoms with Gasteiger partial charge in [0.1, 0.15) is 13.2 Å². The summed E-state index contributed by atoms with van der Waals surface area (Å²) in [7, 11) is 1.60. The van der Waals surface area contributed by atoms with Crippen molar-refractivity contribution in [1.82, 2.24) is 0 Å². The van der Waals surface area contributed by atoms with Gasteiger partial charge in [0.2, 0.25) is 0 Å². The molecule has 30 heavy (non-hydrogen) atoms. The zero-order chi connectivity index (χ0) is 21.3. The third-order valence-corrected chi connectivity index (χ3v) is 5.07. The number of benzene rings is 3. The van der Waals surface area contributed by atoms with Crippen LogP contribution < -0.4 is 9.47 Å². The first-order chi connectivity index (χ1) is 14.6. The highest BCUT2D eigenvalue weighted by molar-refractivity contribution is 9.10. The van der Waals surface area contributed by atoms with Crippen molar-refractivity contribution in [3.8, 4) is 17.6 Å². The summed E-state index contributed by atoms with van der Waals surface area (Å²) in [5.41, 5.74) is 4.42. The largest absolute Gasteiger partial charge is 0.493 e. The van der Waals surface area contributed by atoms with Gasteiger partial charge in [-0.1, -0.05) is 53.2 Å². The number of rotatable bonds is 8. The van der Waals surface area contributed by atoms with Crippen molar-refractivity contribution in [2.75, 3.05) is 7.11 Å². The van der Waals surface area contributed by atoms with Gasteiger partial charge >= 0.3 is 0 Å². The molecule has 0 fully saturated rings. The summed E-state index contributed by atoms with van der Waals surface area (Å²) in [6.07, 6.45) is 1.59. The third-order valence-electron chi connectivity index (χ3n) is 4.38. The first-order valence-electron chi connectivity index (χ1n) is 9.30. The molecule has 152 valence electrons. The second-order valence-corrected chi connectivity index (χ2v) is 7.43. The van der Waals surface area contributed by atoms with Crippen LogP contribution in [0, 0.1) is 18.3 Å². The molecule has 0 aromatic heterocycles. The first kappa shape index (κ1) is 21.4. The van der Waals surface area contributed by atoms with Gasteiger partial charge in [0.25, 0.3) is 0 Å². The SMILES string of the molecule is COc1cc(/C=N\OCc2ccccc2C#N)c(Br)cc1OCc1cccc(C)c1. The average Bonchev–Trinajstić information content (AvgIpc) is 2.76. The van der Waals surface area contributed by atoms with Crippen LogP contribution in [-0.2, 0) is 18.1 Å². The van der Waals surface area contributed by atoms with Crippen LogP contribution in [0.1, 0.15) is 27.8 Å². The molecular formula is C24H21BrN2O3. The maximum Gasteiger partial charge on any atom is 0.162 e. The van der Waals surface area contributed by atoms with E-state index in [1.807, 2.05) is 42.5 Å². The van der Waals surface area contributed by atoms with Gasteiger partial charge in [-0.05, 0) is 46.6 Å². The Kier molecular flexibility index (Phi) is 7.47. The molecule has 5 nitrogen and oxygen atoms in total. The van der Waals surface area contributed by atoms with Crippen molar-refractivity contribution in [3.05, 3.63) is 93.0 Å². The van der Waals surface area contributed by atoms with Gasteiger partial charge in [0.15, 0.2) is 11.5 Å². The lowest BCUT2D eigenvalue weighted by molar-refractivity contribution is 0.132. The van der Waals surface area contributed by atoms with Gasteiger partial charge in [0, 0.05) is 15.6 Å². The van der Waals surface area contributed by atoms with E-state index < -0.39 is 0 Å². The highest BCUT2D eigenvalue weighted by atomic mass is 79.9. The van der Waals surface area contributed by atoms with Crippen molar-refractivity contribution in [2.45, 2.75) is 20.1 Å². The van der Waals surface area contributed by atoms with E-state index >= 15 is 0 Å². The lowest BCUT2D eigenvalue weighted by atomic mass is 10.1. The molecule has 0 saturated heterocycles. The summed E-state index contributed by atoms with van der Waals surface area (Å²) in [6, 6.07) is 21.3. The van der Waals surface area contributed by atoms with Crippen molar-refractivity contribution in [2.24, 2.45) is 5.16 Å². The molecule has 0 heterocycles. The van der Waals surface area contributed by atoms with Gasteiger partial charge in [-0.15, -0.1) is 0 Å². The zero-order valence-corrected chi connectivity index (χ0v) is 18.3. The number of oxime groups is 1. The van der Waals surface area contributed by atoms with Gasteiger partial charge in [-0.25, -0.2) is 0 Å². The standard InChI is InChI=1S/C24H21BrN2O3/c1-17-6-5-7-18(10-17)15-29-24-12-22(25)21(11-23(24)28-2)14-27-30-16-20-9-4-3-8-19(20)13-26/h3-12,14H,15-16H2,1-2H3/b27-14-. The monoisotopic (exact) mass is 464 g/mol. The molecule has 3 aromatic rings. The van der Waals surface area contributed by atoms with Crippen LogP contribution in [0.5, 0.6) is 11.5 Å². The molecule has 3 rings (SSSR count). The Balaban J connectivity index is 1.67. The molecule has 0 radical (unpaired) electrons. The Morgan fingerprint density at radius 2 is 1.87 bits per heavy atom. The molecule has 0 aliphatic heterocycles. The summed E-state index contributed by atoms with van der Waals surface area (Å²) >= 11 is 3.54. The molecule has 0 bridgehead atoms. The highest BCUT2D eigenvalue weighted by Crippen LogP contribution is 2.33. The van der Waals surface area contributed by atoms with Crippen molar-refractivity contribution in [3.63, 3.8) is 0 Å². The Bertz CT molecular complexity index is 1090. The van der Waals surface area contributed by atoms with E-state index in [0.29, 0.717) is 23.7 Å². The number of nitriles is 1. The van der Waals surface area contributed by atoms with E-state index in [9.17, 15) is 0 Å². The smallest absolute Gasteiger partial charge is 0.162 e. The van der Waals surface area contributed by atoms with Crippen molar-refractivity contribution < 1.29 is 14.3 Å². The molecule has 3 aromatic carbocycles. The minimum absolute atomic E-state index is 0.215. The predicted molar refractivity (Wildman–Crippen MR) is 120 cm³/mol. The molecule has 0 aliphatic rings. The van der Waals surface area contributed by atoms with Crippen LogP contribution in [0.15, 0.2) is 70.3 Å². The quantitative estimate of drug-likeness (QED) is 0.313. The zero-order valence-electron chi connectivity index (χ0n) is 16.8. The second-order valence-electron chi connectivity index (χ2n) is 6.58. The minimum Gasteiger partial charge on any atom is -0.493 e. The van der Waals surface area contributed by atoms with Crippen LogP contribution in [0.3, 0.4) is 0 Å². The summed E-state index contributed by atoms with van der Waals surface area (Å²) < 4.78 is 12.2. The number of methoxy groups -OCH3 is 1. The lowest BCUT2D eigenvalue weighted by Crippen LogP contribution is -1.99. The van der Waals surface area contributed by atoms with Crippen molar-refractivity contribution in [1.29, 1.82) is 5.26 Å². The Labute approximate surface area is 184 Å². The van der Waals surface area contributed by atoms with Crippen LogP contribution in [0.25, 0.3) is 0 Å². The Morgan fingerprint density at radius 3 is 2.63 bits per heavy atom. The summed E-state index contributed by atoms with van der Waals surface area (Å²) in [6.45, 7) is 2.71. The number of hydrogen-bond donors (Lipinski definition) is 0. The van der Waals surface area contributed by atoms with E-state index in [1.165, 1.54) is 5.56 Å². The summed E-state index contributed by atoms with van der Waals surface area (Å²) in [4.78, 5) is 5.37. The molecule has 0 aliphatic carbocycles.